The summed E-state index contributed by atoms with van der Waals surface area (Å²) >= 11 is 3.11. The molecule has 2 aromatic rings. The highest BCUT2D eigenvalue weighted by Crippen LogP contribution is 2.32. The Hall–Kier alpha value is -0.700. The van der Waals surface area contributed by atoms with E-state index in [2.05, 4.69) is 15.6 Å². The van der Waals surface area contributed by atoms with Crippen LogP contribution in [0, 0.1) is 12.3 Å². The number of amides is 1. The van der Waals surface area contributed by atoms with Crippen LogP contribution in [0.5, 0.6) is 0 Å². The number of aryl methyl sites for hydroxylation is 1. The molecule has 1 aliphatic heterocycles. The number of carbonyl (C=O) groups is 1. The highest BCUT2D eigenvalue weighted by molar-refractivity contribution is 7.22. The molecule has 0 aliphatic carbocycles. The van der Waals surface area contributed by atoms with Crippen molar-refractivity contribution in [3.63, 3.8) is 0 Å². The zero-order valence-corrected chi connectivity index (χ0v) is 18.1. The lowest BCUT2D eigenvalue weighted by Crippen LogP contribution is -2.47. The first-order valence-electron chi connectivity index (χ1n) is 8.13. The summed E-state index contributed by atoms with van der Waals surface area (Å²) in [7, 11) is 1.73. The molecule has 1 saturated heterocycles. The SMILES string of the molecule is COCC1(CNC(=O)c2sc(-c3cccs3)nc2C)CCNCC1.Cl.Cl. The van der Waals surface area contributed by atoms with E-state index < -0.39 is 0 Å². The molecule has 0 spiro atoms. The third kappa shape index (κ3) is 5.41. The van der Waals surface area contributed by atoms with Crippen molar-refractivity contribution in [1.29, 1.82) is 0 Å². The van der Waals surface area contributed by atoms with Crippen molar-refractivity contribution in [1.82, 2.24) is 15.6 Å². The molecule has 3 rings (SSSR count). The van der Waals surface area contributed by atoms with E-state index in [1.54, 1.807) is 18.4 Å². The van der Waals surface area contributed by atoms with Gasteiger partial charge in [0.05, 0.1) is 17.2 Å². The van der Waals surface area contributed by atoms with Crippen molar-refractivity contribution in [2.75, 3.05) is 33.4 Å². The third-order valence-electron chi connectivity index (χ3n) is 4.47. The van der Waals surface area contributed by atoms with Crippen molar-refractivity contribution >= 4 is 53.4 Å². The predicted molar refractivity (Wildman–Crippen MR) is 113 cm³/mol. The number of nitrogens with zero attached hydrogens (tertiary/aromatic N) is 1. The number of hydrogen-bond acceptors (Lipinski definition) is 6. The minimum atomic E-state index is -0.0261. The number of halogens is 2. The lowest BCUT2D eigenvalue weighted by molar-refractivity contribution is 0.0512. The van der Waals surface area contributed by atoms with Crippen molar-refractivity contribution in [3.05, 3.63) is 28.1 Å². The van der Waals surface area contributed by atoms with Crippen LogP contribution in [0.1, 0.15) is 28.2 Å². The fraction of sp³-hybridized carbons (Fsp3) is 0.529. The van der Waals surface area contributed by atoms with Crippen LogP contribution in [0.25, 0.3) is 9.88 Å². The number of thiazole rings is 1. The van der Waals surface area contributed by atoms with E-state index in [4.69, 9.17) is 4.74 Å². The topological polar surface area (TPSA) is 63.2 Å². The maximum Gasteiger partial charge on any atom is 0.263 e. The van der Waals surface area contributed by atoms with Gasteiger partial charge in [-0.05, 0) is 44.3 Å². The van der Waals surface area contributed by atoms with Crippen molar-refractivity contribution in [3.8, 4) is 9.88 Å². The molecule has 5 nitrogen and oxygen atoms in total. The summed E-state index contributed by atoms with van der Waals surface area (Å²) in [6.07, 6.45) is 2.03. The minimum absolute atomic E-state index is 0. The number of hydrogen-bond donors (Lipinski definition) is 2. The van der Waals surface area contributed by atoms with E-state index in [0.717, 1.165) is 41.5 Å². The summed E-state index contributed by atoms with van der Waals surface area (Å²) in [5.74, 6) is -0.0261. The molecular weight excluding hydrogens is 413 g/mol. The molecule has 3 heterocycles. The van der Waals surface area contributed by atoms with E-state index in [9.17, 15) is 4.79 Å². The minimum Gasteiger partial charge on any atom is -0.384 e. The number of aromatic nitrogens is 1. The van der Waals surface area contributed by atoms with Gasteiger partial charge >= 0.3 is 0 Å². The van der Waals surface area contributed by atoms with Crippen LogP contribution in [0.4, 0.5) is 0 Å². The molecule has 0 saturated carbocycles. The highest BCUT2D eigenvalue weighted by atomic mass is 35.5. The molecule has 0 aromatic carbocycles. The number of ether oxygens (including phenoxy) is 1. The van der Waals surface area contributed by atoms with Gasteiger partial charge in [0.2, 0.25) is 0 Å². The fourth-order valence-corrected chi connectivity index (χ4v) is 4.88. The molecule has 1 aliphatic rings. The Balaban J connectivity index is 0.00000169. The first-order chi connectivity index (χ1) is 11.6. The summed E-state index contributed by atoms with van der Waals surface area (Å²) in [5.41, 5.74) is 0.831. The Morgan fingerprint density at radius 2 is 2.12 bits per heavy atom. The number of piperidine rings is 1. The second-order valence-corrected chi connectivity index (χ2v) is 8.22. The molecule has 0 atom stereocenters. The predicted octanol–water partition coefficient (Wildman–Crippen LogP) is 3.77. The van der Waals surface area contributed by atoms with Gasteiger partial charge in [-0.1, -0.05) is 6.07 Å². The molecule has 2 N–H and O–H groups in total. The molecule has 9 heteroatoms. The lowest BCUT2D eigenvalue weighted by Gasteiger charge is -2.37. The number of thiophene rings is 1. The van der Waals surface area contributed by atoms with Gasteiger partial charge in [-0.2, -0.15) is 0 Å². The largest absolute Gasteiger partial charge is 0.384 e. The first kappa shape index (κ1) is 23.3. The molecule has 26 heavy (non-hydrogen) atoms. The lowest BCUT2D eigenvalue weighted by atomic mass is 9.79. The van der Waals surface area contributed by atoms with E-state index in [-0.39, 0.29) is 36.1 Å². The van der Waals surface area contributed by atoms with E-state index in [0.29, 0.717) is 18.0 Å². The van der Waals surface area contributed by atoms with E-state index >= 15 is 0 Å². The molecule has 0 unspecified atom stereocenters. The third-order valence-corrected chi connectivity index (χ3v) is 6.67. The van der Waals surface area contributed by atoms with Gasteiger partial charge in [0.1, 0.15) is 9.88 Å². The zero-order valence-electron chi connectivity index (χ0n) is 14.9. The van der Waals surface area contributed by atoms with Crippen LogP contribution in [0.2, 0.25) is 0 Å². The summed E-state index contributed by atoms with van der Waals surface area (Å²) in [4.78, 5) is 19.0. The zero-order chi connectivity index (χ0) is 17.0. The Labute approximate surface area is 174 Å². The van der Waals surface area contributed by atoms with Gasteiger partial charge in [0.15, 0.2) is 0 Å². The number of carbonyl (C=O) groups excluding carboxylic acids is 1. The van der Waals surface area contributed by atoms with Crippen molar-refractivity contribution < 1.29 is 9.53 Å². The molecular formula is C17H25Cl2N3O2S2. The van der Waals surface area contributed by atoms with Crippen LogP contribution in [0.3, 0.4) is 0 Å². The average molecular weight is 438 g/mol. The Morgan fingerprint density at radius 1 is 1.38 bits per heavy atom. The van der Waals surface area contributed by atoms with E-state index in [1.165, 1.54) is 11.3 Å². The normalized spacial score (nSPS) is 15.6. The second-order valence-electron chi connectivity index (χ2n) is 6.28. The van der Waals surface area contributed by atoms with Gasteiger partial charge < -0.3 is 15.4 Å². The van der Waals surface area contributed by atoms with Crippen LogP contribution >= 0.6 is 47.5 Å². The van der Waals surface area contributed by atoms with Crippen LogP contribution in [0.15, 0.2) is 17.5 Å². The van der Waals surface area contributed by atoms with Crippen LogP contribution in [-0.2, 0) is 4.74 Å². The highest BCUT2D eigenvalue weighted by Gasteiger charge is 2.33. The Kier molecular flexibility index (Phi) is 9.50. The molecule has 0 radical (unpaired) electrons. The molecule has 1 fully saturated rings. The van der Waals surface area contributed by atoms with Crippen molar-refractivity contribution in [2.45, 2.75) is 19.8 Å². The monoisotopic (exact) mass is 437 g/mol. The fourth-order valence-electron chi connectivity index (χ4n) is 3.10. The summed E-state index contributed by atoms with van der Waals surface area (Å²) in [6, 6.07) is 4.04. The maximum absolute atomic E-state index is 12.6. The summed E-state index contributed by atoms with van der Waals surface area (Å²) in [6.45, 7) is 5.17. The Morgan fingerprint density at radius 3 is 2.73 bits per heavy atom. The quantitative estimate of drug-likeness (QED) is 0.721. The van der Waals surface area contributed by atoms with Gasteiger partial charge in [0, 0.05) is 19.1 Å². The second kappa shape index (κ2) is 10.6. The van der Waals surface area contributed by atoms with Gasteiger partial charge in [-0.25, -0.2) is 4.98 Å². The molecule has 146 valence electrons. The smallest absolute Gasteiger partial charge is 0.263 e. The number of nitrogens with one attached hydrogen (secondary N) is 2. The molecule has 1 amide bonds. The summed E-state index contributed by atoms with van der Waals surface area (Å²) in [5, 5.41) is 9.43. The molecule has 0 bridgehead atoms. The van der Waals surface area contributed by atoms with Crippen LogP contribution in [-0.4, -0.2) is 44.2 Å². The maximum atomic E-state index is 12.6. The van der Waals surface area contributed by atoms with Crippen molar-refractivity contribution in [2.24, 2.45) is 5.41 Å². The summed E-state index contributed by atoms with van der Waals surface area (Å²) < 4.78 is 5.41. The first-order valence-corrected chi connectivity index (χ1v) is 9.82. The average Bonchev–Trinajstić information content (AvgIpc) is 3.23. The number of methoxy groups -OCH3 is 1. The standard InChI is InChI=1S/C17H23N3O2S2.2ClH/c1-12-14(24-16(20-12)13-4-3-9-23-13)15(21)19-10-17(11-22-2)5-7-18-8-6-17;;/h3-4,9,18H,5-8,10-11H2,1-2H3,(H,19,21);2*1H. The van der Waals surface area contributed by atoms with Gasteiger partial charge in [-0.15, -0.1) is 47.5 Å². The molecule has 2 aromatic heterocycles. The van der Waals surface area contributed by atoms with Gasteiger partial charge in [0.25, 0.3) is 5.91 Å². The number of rotatable bonds is 6. The van der Waals surface area contributed by atoms with Gasteiger partial charge in [-0.3, -0.25) is 4.79 Å². The van der Waals surface area contributed by atoms with Crippen LogP contribution < -0.4 is 10.6 Å². The Bertz CT molecular complexity index is 681. The van der Waals surface area contributed by atoms with E-state index in [1.807, 2.05) is 24.4 Å².